The third-order valence-electron chi connectivity index (χ3n) is 8.05. The predicted octanol–water partition coefficient (Wildman–Crippen LogP) is 5.54. The number of aliphatic carboxylic acids is 1. The number of carbonyl (C=O) groups excluding carboxylic acids is 1. The molecular formula is C31H39F3N6O5S. The van der Waals surface area contributed by atoms with Crippen molar-refractivity contribution in [2.24, 2.45) is 5.92 Å². The number of nitrogens with zero attached hydrogens (tertiary/aromatic N) is 5. The summed E-state index contributed by atoms with van der Waals surface area (Å²) < 4.78 is 52.4. The molecule has 2 aromatic heterocycles. The van der Waals surface area contributed by atoms with E-state index in [0.29, 0.717) is 62.1 Å². The number of alkyl halides is 3. The molecule has 15 heteroatoms. The topological polar surface area (TPSA) is 130 Å². The number of ether oxygens (including phenoxy) is 2. The van der Waals surface area contributed by atoms with Gasteiger partial charge in [0.25, 0.3) is 5.91 Å². The highest BCUT2D eigenvalue weighted by Gasteiger charge is 2.37. The van der Waals surface area contributed by atoms with Gasteiger partial charge >= 0.3 is 12.1 Å². The first-order chi connectivity index (χ1) is 21.9. The Labute approximate surface area is 269 Å². The number of hydrogen-bond donors (Lipinski definition) is 2. The largest absolute Gasteiger partial charge is 0.497 e. The van der Waals surface area contributed by atoms with Crippen LogP contribution in [-0.2, 0) is 20.8 Å². The third-order valence-corrected chi connectivity index (χ3v) is 9.01. The number of nitrogens with one attached hydrogen (secondary N) is 1. The Balaban J connectivity index is 1.59. The van der Waals surface area contributed by atoms with E-state index in [2.05, 4.69) is 31.7 Å². The van der Waals surface area contributed by atoms with Crippen molar-refractivity contribution in [3.05, 3.63) is 58.7 Å². The summed E-state index contributed by atoms with van der Waals surface area (Å²) in [6, 6.07) is 0.153. The summed E-state index contributed by atoms with van der Waals surface area (Å²) in [4.78, 5) is 42.4. The van der Waals surface area contributed by atoms with Gasteiger partial charge in [0, 0.05) is 37.2 Å². The molecule has 2 fully saturated rings. The molecule has 1 unspecified atom stereocenters. The third kappa shape index (κ3) is 8.70. The summed E-state index contributed by atoms with van der Waals surface area (Å²) >= 11 is 1.18. The van der Waals surface area contributed by atoms with Crippen molar-refractivity contribution >= 4 is 39.7 Å². The average Bonchev–Trinajstić information content (AvgIpc) is 3.65. The molecule has 4 rings (SSSR count). The van der Waals surface area contributed by atoms with Gasteiger partial charge in [-0.1, -0.05) is 24.0 Å². The first kappa shape index (κ1) is 35.0. The van der Waals surface area contributed by atoms with Gasteiger partial charge in [0.05, 0.1) is 43.3 Å². The molecule has 2 aliphatic rings. The lowest BCUT2D eigenvalue weighted by Crippen LogP contribution is -2.36. The molecule has 4 heterocycles. The number of amides is 1. The number of halogens is 3. The molecule has 2 aromatic rings. The van der Waals surface area contributed by atoms with Crippen LogP contribution in [-0.4, -0.2) is 89.0 Å². The Bertz CT molecular complexity index is 1450. The molecule has 0 saturated carbocycles. The Morgan fingerprint density at radius 3 is 2.52 bits per heavy atom. The Hall–Kier alpha value is -3.82. The van der Waals surface area contributed by atoms with Gasteiger partial charge in [-0.25, -0.2) is 15.0 Å². The SMILES string of the molecule is C=C(OC)/C(=C\C(=C/C)c1nc(NC(=O)c2cnc(N3CCC(C(=O)O)CC3)cn2)sc1CN1CCCC1COCC)C(F)(F)F. The van der Waals surface area contributed by atoms with Crippen LogP contribution in [0.25, 0.3) is 5.57 Å². The number of carboxylic acid groups (broad SMARTS) is 1. The zero-order valence-corrected chi connectivity index (χ0v) is 26.9. The number of rotatable bonds is 13. The molecule has 0 spiro atoms. The van der Waals surface area contributed by atoms with Crippen LogP contribution in [0, 0.1) is 5.92 Å². The molecule has 11 nitrogen and oxygen atoms in total. The van der Waals surface area contributed by atoms with E-state index >= 15 is 0 Å². The maximum atomic E-state index is 14.0. The van der Waals surface area contributed by atoms with Crippen molar-refractivity contribution in [1.82, 2.24) is 19.9 Å². The second-order valence-electron chi connectivity index (χ2n) is 11.0. The Morgan fingerprint density at radius 1 is 1.20 bits per heavy atom. The smallest absolute Gasteiger partial charge is 0.419 e. The molecule has 0 aromatic carbocycles. The average molecular weight is 665 g/mol. The number of allylic oxidation sites excluding steroid dienone is 4. The normalized spacial score (nSPS) is 18.6. The van der Waals surface area contributed by atoms with E-state index in [-0.39, 0.29) is 28.4 Å². The van der Waals surface area contributed by atoms with Gasteiger partial charge in [-0.3, -0.25) is 19.8 Å². The molecule has 0 aliphatic carbocycles. The highest BCUT2D eigenvalue weighted by molar-refractivity contribution is 7.16. The van der Waals surface area contributed by atoms with Gasteiger partial charge < -0.3 is 19.5 Å². The zero-order valence-electron chi connectivity index (χ0n) is 26.1. The summed E-state index contributed by atoms with van der Waals surface area (Å²) in [6.45, 7) is 10.3. The monoisotopic (exact) mass is 664 g/mol. The summed E-state index contributed by atoms with van der Waals surface area (Å²) in [5, 5.41) is 12.2. The molecule has 0 bridgehead atoms. The minimum atomic E-state index is -4.72. The van der Waals surface area contributed by atoms with E-state index in [1.165, 1.54) is 29.8 Å². The van der Waals surface area contributed by atoms with Crippen molar-refractivity contribution in [3.63, 3.8) is 0 Å². The van der Waals surface area contributed by atoms with Crippen LogP contribution >= 0.6 is 11.3 Å². The van der Waals surface area contributed by atoms with Crippen LogP contribution in [0.4, 0.5) is 24.1 Å². The van der Waals surface area contributed by atoms with Crippen molar-refractivity contribution in [2.45, 2.75) is 58.3 Å². The number of piperidine rings is 1. The highest BCUT2D eigenvalue weighted by atomic mass is 32.1. The van der Waals surface area contributed by atoms with Gasteiger partial charge in [-0.05, 0) is 57.7 Å². The van der Waals surface area contributed by atoms with E-state index in [1.807, 2.05) is 11.8 Å². The standard InChI is InChI=1S/C31H39F3N6O5S/c1-5-20(14-23(19(3)44-4)31(32,33)34)27-25(17-40-11-7-8-22(40)18-45-6-2)46-30(37-27)38-28(41)24-15-36-26(16-35-24)39-12-9-21(10-13-39)29(42)43/h5,14-16,21-22H,3,6-13,17-18H2,1-2,4H3,(H,42,43)(H,37,38,41)/b20-5+,23-14+. The number of carboxylic acids is 1. The van der Waals surface area contributed by atoms with E-state index in [4.69, 9.17) is 9.47 Å². The van der Waals surface area contributed by atoms with E-state index in [1.54, 1.807) is 6.92 Å². The number of hydrogen-bond acceptors (Lipinski definition) is 10. The van der Waals surface area contributed by atoms with Crippen molar-refractivity contribution in [3.8, 4) is 0 Å². The molecule has 46 heavy (non-hydrogen) atoms. The molecule has 1 amide bonds. The second kappa shape index (κ2) is 15.6. The van der Waals surface area contributed by atoms with Gasteiger partial charge in [-0.2, -0.15) is 13.2 Å². The molecule has 2 saturated heterocycles. The minimum Gasteiger partial charge on any atom is -0.497 e. The highest BCUT2D eigenvalue weighted by Crippen LogP contribution is 2.37. The molecular weight excluding hydrogens is 625 g/mol. The number of carbonyl (C=O) groups is 2. The number of anilines is 2. The van der Waals surface area contributed by atoms with E-state index < -0.39 is 29.4 Å². The van der Waals surface area contributed by atoms with Crippen molar-refractivity contribution < 1.29 is 37.3 Å². The quantitative estimate of drug-likeness (QED) is 0.208. The lowest BCUT2D eigenvalue weighted by atomic mass is 9.97. The molecule has 250 valence electrons. The summed E-state index contributed by atoms with van der Waals surface area (Å²) in [5.74, 6) is -1.76. The fourth-order valence-electron chi connectivity index (χ4n) is 5.46. The Morgan fingerprint density at radius 2 is 1.93 bits per heavy atom. The van der Waals surface area contributed by atoms with E-state index in [9.17, 15) is 27.9 Å². The van der Waals surface area contributed by atoms with E-state index in [0.717, 1.165) is 32.6 Å². The van der Waals surface area contributed by atoms with Crippen LogP contribution < -0.4 is 10.2 Å². The zero-order chi connectivity index (χ0) is 33.4. The first-order valence-electron chi connectivity index (χ1n) is 15.1. The van der Waals surface area contributed by atoms with Gasteiger partial charge in [-0.15, -0.1) is 0 Å². The Kier molecular flexibility index (Phi) is 11.9. The lowest BCUT2D eigenvalue weighted by molar-refractivity contribution is -0.142. The number of methoxy groups -OCH3 is 1. The van der Waals surface area contributed by atoms with Crippen LogP contribution in [0.3, 0.4) is 0 Å². The van der Waals surface area contributed by atoms with Crippen LogP contribution in [0.5, 0.6) is 0 Å². The maximum Gasteiger partial charge on any atom is 0.419 e. The van der Waals surface area contributed by atoms with Crippen LogP contribution in [0.15, 0.2) is 42.5 Å². The fraction of sp³-hybridized carbons (Fsp3) is 0.516. The first-order valence-corrected chi connectivity index (χ1v) is 15.9. The van der Waals surface area contributed by atoms with Crippen LogP contribution in [0.1, 0.15) is 60.6 Å². The number of aromatic nitrogens is 3. The number of likely N-dealkylation sites (tertiary alicyclic amines) is 1. The fourth-order valence-corrected chi connectivity index (χ4v) is 6.47. The molecule has 2 aliphatic heterocycles. The summed E-state index contributed by atoms with van der Waals surface area (Å²) in [5.41, 5.74) is -0.498. The molecule has 1 atom stereocenters. The molecule has 2 N–H and O–H groups in total. The maximum absolute atomic E-state index is 14.0. The molecule has 0 radical (unpaired) electrons. The predicted molar refractivity (Wildman–Crippen MR) is 169 cm³/mol. The minimum absolute atomic E-state index is 0.0284. The van der Waals surface area contributed by atoms with Gasteiger partial charge in [0.1, 0.15) is 17.3 Å². The van der Waals surface area contributed by atoms with Gasteiger partial charge in [0.2, 0.25) is 0 Å². The summed E-state index contributed by atoms with van der Waals surface area (Å²) in [7, 11) is 1.13. The van der Waals surface area contributed by atoms with Crippen LogP contribution in [0.2, 0.25) is 0 Å². The summed E-state index contributed by atoms with van der Waals surface area (Å²) in [6.07, 6.45) is 3.45. The lowest BCUT2D eigenvalue weighted by Gasteiger charge is -2.30. The second-order valence-corrected chi connectivity index (χ2v) is 12.0. The van der Waals surface area contributed by atoms with Crippen molar-refractivity contribution in [1.29, 1.82) is 0 Å². The number of thiazole rings is 1. The van der Waals surface area contributed by atoms with Crippen molar-refractivity contribution in [2.75, 3.05) is 50.2 Å². The van der Waals surface area contributed by atoms with Gasteiger partial charge in [0.15, 0.2) is 5.13 Å².